The molecule has 0 fully saturated rings. The van der Waals surface area contributed by atoms with Crippen LogP contribution in [0, 0.1) is 11.3 Å². The number of hydrogen-bond donors (Lipinski definition) is 0. The van der Waals surface area contributed by atoms with E-state index in [1.165, 1.54) is 0 Å². The van der Waals surface area contributed by atoms with E-state index in [-0.39, 0.29) is 16.7 Å². The van der Waals surface area contributed by atoms with E-state index < -0.39 is 0 Å². The number of ether oxygens (including phenoxy) is 1. The number of halogens is 1. The number of methoxy groups -OCH3 is 1. The first-order valence-electron chi connectivity index (χ1n) is 6.05. The zero-order valence-corrected chi connectivity index (χ0v) is 12.7. The molecule has 0 aliphatic heterocycles. The minimum absolute atomic E-state index is 0.140. The second-order valence-electron chi connectivity index (χ2n) is 5.80. The minimum Gasteiger partial charge on any atom is -0.383 e. The van der Waals surface area contributed by atoms with Crippen molar-refractivity contribution in [1.29, 1.82) is 0 Å². The Hall–Kier alpha value is -0.280. The van der Waals surface area contributed by atoms with Gasteiger partial charge in [-0.2, -0.15) is 0 Å². The smallest absolute Gasteiger partial charge is 0.222 e. The molecule has 0 aromatic heterocycles. The molecule has 0 N–H and O–H groups in total. The Bertz CT molecular complexity index is 238. The van der Waals surface area contributed by atoms with Crippen molar-refractivity contribution in [3.05, 3.63) is 0 Å². The third-order valence-electron chi connectivity index (χ3n) is 3.20. The van der Waals surface area contributed by atoms with E-state index >= 15 is 0 Å². The lowest BCUT2D eigenvalue weighted by Crippen LogP contribution is -2.36. The Labute approximate surface area is 110 Å². The Morgan fingerprint density at radius 3 is 2.35 bits per heavy atom. The van der Waals surface area contributed by atoms with Gasteiger partial charge in [0.1, 0.15) is 0 Å². The summed E-state index contributed by atoms with van der Waals surface area (Å²) in [5, 5.41) is -0.140. The SMILES string of the molecule is COCC(Cl)CN(C)C(=O)CC(C)C(C)(C)C. The van der Waals surface area contributed by atoms with Crippen molar-refractivity contribution in [1.82, 2.24) is 4.90 Å². The van der Waals surface area contributed by atoms with Crippen LogP contribution in [0.3, 0.4) is 0 Å². The molecule has 0 bridgehead atoms. The normalized spacial score (nSPS) is 15.5. The van der Waals surface area contributed by atoms with Crippen LogP contribution in [0.2, 0.25) is 0 Å². The van der Waals surface area contributed by atoms with Crippen LogP contribution in [0.15, 0.2) is 0 Å². The predicted octanol–water partition coefficient (Wildman–Crippen LogP) is 2.77. The molecule has 1 amide bonds. The highest BCUT2D eigenvalue weighted by molar-refractivity contribution is 6.21. The highest BCUT2D eigenvalue weighted by Crippen LogP contribution is 2.28. The summed E-state index contributed by atoms with van der Waals surface area (Å²) in [6.45, 7) is 9.57. The quantitative estimate of drug-likeness (QED) is 0.690. The topological polar surface area (TPSA) is 29.5 Å². The maximum Gasteiger partial charge on any atom is 0.222 e. The monoisotopic (exact) mass is 263 g/mol. The summed E-state index contributed by atoms with van der Waals surface area (Å²) in [4.78, 5) is 13.7. The lowest BCUT2D eigenvalue weighted by atomic mass is 9.80. The van der Waals surface area contributed by atoms with E-state index in [4.69, 9.17) is 16.3 Å². The highest BCUT2D eigenvalue weighted by Gasteiger charge is 2.24. The van der Waals surface area contributed by atoms with Crippen LogP contribution in [0.1, 0.15) is 34.1 Å². The second-order valence-corrected chi connectivity index (χ2v) is 6.42. The van der Waals surface area contributed by atoms with E-state index in [1.54, 1.807) is 19.1 Å². The van der Waals surface area contributed by atoms with E-state index in [0.29, 0.717) is 25.5 Å². The van der Waals surface area contributed by atoms with Gasteiger partial charge in [-0.15, -0.1) is 11.6 Å². The van der Waals surface area contributed by atoms with Crippen LogP contribution < -0.4 is 0 Å². The molecular weight excluding hydrogens is 238 g/mol. The molecule has 0 aliphatic rings. The molecule has 3 nitrogen and oxygen atoms in total. The average Bonchev–Trinajstić information content (AvgIpc) is 2.16. The number of nitrogens with zero attached hydrogens (tertiary/aromatic N) is 1. The molecule has 0 aromatic carbocycles. The number of alkyl halides is 1. The van der Waals surface area contributed by atoms with Crippen molar-refractivity contribution in [3.8, 4) is 0 Å². The maximum atomic E-state index is 12.0. The lowest BCUT2D eigenvalue weighted by molar-refractivity contribution is -0.131. The van der Waals surface area contributed by atoms with Gasteiger partial charge in [-0.3, -0.25) is 4.79 Å². The average molecular weight is 264 g/mol. The van der Waals surface area contributed by atoms with Crippen molar-refractivity contribution in [2.75, 3.05) is 27.3 Å². The fraction of sp³-hybridized carbons (Fsp3) is 0.923. The summed E-state index contributed by atoms with van der Waals surface area (Å²) in [6.07, 6.45) is 0.566. The van der Waals surface area contributed by atoms with Gasteiger partial charge in [0.15, 0.2) is 0 Å². The molecular formula is C13H26ClNO2. The molecule has 2 atom stereocenters. The first-order valence-corrected chi connectivity index (χ1v) is 6.49. The van der Waals surface area contributed by atoms with Crippen molar-refractivity contribution in [2.45, 2.75) is 39.5 Å². The summed E-state index contributed by atoms with van der Waals surface area (Å²) in [5.41, 5.74) is 0.156. The summed E-state index contributed by atoms with van der Waals surface area (Å²) >= 11 is 6.03. The summed E-state index contributed by atoms with van der Waals surface area (Å²) in [5.74, 6) is 0.503. The summed E-state index contributed by atoms with van der Waals surface area (Å²) < 4.78 is 4.95. The van der Waals surface area contributed by atoms with Crippen molar-refractivity contribution in [3.63, 3.8) is 0 Å². The molecule has 0 aromatic rings. The lowest BCUT2D eigenvalue weighted by Gasteiger charge is -2.29. The second kappa shape index (κ2) is 7.22. The molecule has 0 spiro atoms. The van der Waals surface area contributed by atoms with Crippen LogP contribution in [-0.4, -0.2) is 43.5 Å². The van der Waals surface area contributed by atoms with Gasteiger partial charge in [-0.1, -0.05) is 27.7 Å². The van der Waals surface area contributed by atoms with Crippen LogP contribution in [0.4, 0.5) is 0 Å². The number of rotatable bonds is 6. The molecule has 0 saturated carbocycles. The Kier molecular flexibility index (Phi) is 7.10. The van der Waals surface area contributed by atoms with E-state index in [0.717, 1.165) is 0 Å². The largest absolute Gasteiger partial charge is 0.383 e. The zero-order valence-electron chi connectivity index (χ0n) is 11.9. The minimum atomic E-state index is -0.140. The van der Waals surface area contributed by atoms with E-state index in [2.05, 4.69) is 27.7 Å². The van der Waals surface area contributed by atoms with Gasteiger partial charge in [0.2, 0.25) is 5.91 Å². The van der Waals surface area contributed by atoms with Crippen molar-refractivity contribution in [2.24, 2.45) is 11.3 Å². The van der Waals surface area contributed by atoms with Gasteiger partial charge in [-0.05, 0) is 11.3 Å². The van der Waals surface area contributed by atoms with Gasteiger partial charge in [-0.25, -0.2) is 0 Å². The Balaban J connectivity index is 4.14. The van der Waals surface area contributed by atoms with Crippen LogP contribution in [-0.2, 0) is 9.53 Å². The predicted molar refractivity (Wildman–Crippen MR) is 72.4 cm³/mol. The summed E-state index contributed by atoms with van der Waals surface area (Å²) in [6, 6.07) is 0. The molecule has 0 rings (SSSR count). The number of carbonyl (C=O) groups excluding carboxylic acids is 1. The maximum absolute atomic E-state index is 12.0. The van der Waals surface area contributed by atoms with Crippen LogP contribution in [0.5, 0.6) is 0 Å². The third kappa shape index (κ3) is 6.89. The fourth-order valence-electron chi connectivity index (χ4n) is 1.36. The molecule has 0 heterocycles. The van der Waals surface area contributed by atoms with Crippen molar-refractivity contribution >= 4 is 17.5 Å². The highest BCUT2D eigenvalue weighted by atomic mass is 35.5. The van der Waals surface area contributed by atoms with Gasteiger partial charge in [0, 0.05) is 27.1 Å². The van der Waals surface area contributed by atoms with E-state index in [1.807, 2.05) is 0 Å². The molecule has 0 saturated heterocycles. The third-order valence-corrected chi connectivity index (χ3v) is 3.47. The Morgan fingerprint density at radius 2 is 1.94 bits per heavy atom. The van der Waals surface area contributed by atoms with Gasteiger partial charge in [0.25, 0.3) is 0 Å². The van der Waals surface area contributed by atoms with Gasteiger partial charge in [0.05, 0.1) is 12.0 Å². The standard InChI is InChI=1S/C13H26ClNO2/c1-10(13(2,3)4)7-12(16)15(5)8-11(14)9-17-6/h10-11H,7-9H2,1-6H3. The molecule has 0 radical (unpaired) electrons. The molecule has 17 heavy (non-hydrogen) atoms. The Morgan fingerprint density at radius 1 is 1.41 bits per heavy atom. The molecule has 102 valence electrons. The number of carbonyl (C=O) groups is 1. The van der Waals surface area contributed by atoms with Crippen molar-refractivity contribution < 1.29 is 9.53 Å². The molecule has 2 unspecified atom stereocenters. The zero-order chi connectivity index (χ0) is 13.6. The molecule has 4 heteroatoms. The first-order chi connectivity index (χ1) is 7.68. The summed E-state index contributed by atoms with van der Waals surface area (Å²) in [7, 11) is 3.40. The van der Waals surface area contributed by atoms with Crippen LogP contribution >= 0.6 is 11.6 Å². The van der Waals surface area contributed by atoms with Gasteiger partial charge >= 0.3 is 0 Å². The fourth-order valence-corrected chi connectivity index (χ4v) is 1.69. The van der Waals surface area contributed by atoms with Gasteiger partial charge < -0.3 is 9.64 Å². The first kappa shape index (κ1) is 16.7. The number of hydrogen-bond acceptors (Lipinski definition) is 2. The van der Waals surface area contributed by atoms with E-state index in [9.17, 15) is 4.79 Å². The van der Waals surface area contributed by atoms with Crippen LogP contribution in [0.25, 0.3) is 0 Å². The number of amides is 1. The molecule has 0 aliphatic carbocycles.